The Kier molecular flexibility index (Phi) is 7.60. The van der Waals surface area contributed by atoms with Crippen molar-refractivity contribution in [3.05, 3.63) is 99.8 Å². The first kappa shape index (κ1) is 24.9. The molecule has 0 bridgehead atoms. The molecular formula is C27H25N5O3S. The van der Waals surface area contributed by atoms with Crippen LogP contribution in [-0.4, -0.2) is 32.2 Å². The molecule has 4 rings (SSSR count). The van der Waals surface area contributed by atoms with Gasteiger partial charge in [0.2, 0.25) is 5.91 Å². The number of H-pyrrole nitrogens is 1. The van der Waals surface area contributed by atoms with Gasteiger partial charge >= 0.3 is 0 Å². The minimum atomic E-state index is -0.529. The first-order valence-corrected chi connectivity index (χ1v) is 12.2. The molecule has 0 fully saturated rings. The summed E-state index contributed by atoms with van der Waals surface area (Å²) < 4.78 is 0. The molecule has 0 saturated carbocycles. The molecule has 182 valence electrons. The lowest BCUT2D eigenvalue weighted by molar-refractivity contribution is -0.115. The molecule has 0 aliphatic heterocycles. The van der Waals surface area contributed by atoms with Crippen LogP contribution in [0.25, 0.3) is 11.3 Å². The second-order valence-electron chi connectivity index (χ2n) is 8.17. The zero-order valence-electron chi connectivity index (χ0n) is 20.0. The third-order valence-electron chi connectivity index (χ3n) is 5.66. The number of thioether (sulfide) groups is 1. The fourth-order valence-corrected chi connectivity index (χ4v) is 4.22. The largest absolute Gasteiger partial charge is 0.325 e. The number of amides is 2. The van der Waals surface area contributed by atoms with E-state index < -0.39 is 10.8 Å². The Hall–Kier alpha value is -4.24. The maximum Gasteiger partial charge on any atom is 0.278 e. The molecule has 4 aromatic rings. The molecule has 36 heavy (non-hydrogen) atoms. The highest BCUT2D eigenvalue weighted by Gasteiger charge is 2.19. The van der Waals surface area contributed by atoms with Gasteiger partial charge in [-0.2, -0.15) is 0 Å². The van der Waals surface area contributed by atoms with Gasteiger partial charge in [-0.1, -0.05) is 60.3 Å². The van der Waals surface area contributed by atoms with E-state index in [0.29, 0.717) is 16.8 Å². The van der Waals surface area contributed by atoms with Gasteiger partial charge in [0.1, 0.15) is 0 Å². The molecule has 1 atom stereocenters. The summed E-state index contributed by atoms with van der Waals surface area (Å²) in [6, 6.07) is 21.4. The van der Waals surface area contributed by atoms with E-state index in [1.807, 2.05) is 38.1 Å². The molecule has 9 heteroatoms. The van der Waals surface area contributed by atoms with E-state index in [4.69, 9.17) is 0 Å². The lowest BCUT2D eigenvalue weighted by Crippen LogP contribution is -2.24. The van der Waals surface area contributed by atoms with Crippen molar-refractivity contribution in [3.8, 4) is 11.3 Å². The Morgan fingerprint density at radius 1 is 0.861 bits per heavy atom. The summed E-state index contributed by atoms with van der Waals surface area (Å²) in [6.07, 6.45) is 0. The van der Waals surface area contributed by atoms with Crippen molar-refractivity contribution in [3.63, 3.8) is 0 Å². The second kappa shape index (κ2) is 11.0. The van der Waals surface area contributed by atoms with Gasteiger partial charge in [-0.3, -0.25) is 19.4 Å². The van der Waals surface area contributed by atoms with Gasteiger partial charge in [-0.25, -0.2) is 0 Å². The second-order valence-corrected chi connectivity index (χ2v) is 9.50. The fraction of sp³-hybridized carbons (Fsp3) is 0.148. The summed E-state index contributed by atoms with van der Waals surface area (Å²) >= 11 is 1.10. The lowest BCUT2D eigenvalue weighted by Gasteiger charge is -2.14. The van der Waals surface area contributed by atoms with E-state index in [1.165, 1.54) is 0 Å². The van der Waals surface area contributed by atoms with Gasteiger partial charge in [0.25, 0.3) is 11.5 Å². The number of aryl methyl sites for hydroxylation is 1. The first-order chi connectivity index (χ1) is 17.3. The Morgan fingerprint density at radius 3 is 2.31 bits per heavy atom. The zero-order valence-corrected chi connectivity index (χ0v) is 20.8. The standard InChI is InChI=1S/C27H25N5O3S/c1-16-10-9-15-21(17(16)2)28-24(33)18(3)36-27-30-26(35)23(31-32-27)20-13-7-8-14-22(20)29-25(34)19-11-5-4-6-12-19/h4-15,18H,1-3H3,(H,28,33)(H,29,34)(H,30,32,35)/t18-/m1/s1. The highest BCUT2D eigenvalue weighted by atomic mass is 32.2. The van der Waals surface area contributed by atoms with E-state index in [1.54, 1.807) is 55.5 Å². The Labute approximate surface area is 212 Å². The molecule has 3 aromatic carbocycles. The van der Waals surface area contributed by atoms with Gasteiger partial charge in [0, 0.05) is 16.8 Å². The predicted octanol–water partition coefficient (Wildman–Crippen LogP) is 4.82. The van der Waals surface area contributed by atoms with Crippen LogP contribution in [0.3, 0.4) is 0 Å². The van der Waals surface area contributed by atoms with E-state index in [2.05, 4.69) is 25.8 Å². The van der Waals surface area contributed by atoms with Gasteiger partial charge in [-0.15, -0.1) is 10.2 Å². The quantitative estimate of drug-likeness (QED) is 0.314. The minimum absolute atomic E-state index is 0.0656. The van der Waals surface area contributed by atoms with Gasteiger partial charge < -0.3 is 10.6 Å². The third-order valence-corrected chi connectivity index (χ3v) is 6.64. The highest BCUT2D eigenvalue weighted by molar-refractivity contribution is 8.00. The summed E-state index contributed by atoms with van der Waals surface area (Å²) in [5.41, 5.74) is 3.79. The summed E-state index contributed by atoms with van der Waals surface area (Å²) in [6.45, 7) is 5.66. The van der Waals surface area contributed by atoms with Crippen molar-refractivity contribution in [2.45, 2.75) is 31.2 Å². The average Bonchev–Trinajstić information content (AvgIpc) is 2.88. The Balaban J connectivity index is 1.50. The normalized spacial score (nSPS) is 11.5. The molecule has 0 aliphatic rings. The van der Waals surface area contributed by atoms with Crippen LogP contribution in [0.2, 0.25) is 0 Å². The lowest BCUT2D eigenvalue weighted by atomic mass is 10.1. The van der Waals surface area contributed by atoms with Gasteiger partial charge in [0.15, 0.2) is 10.9 Å². The molecule has 1 heterocycles. The topological polar surface area (TPSA) is 117 Å². The number of rotatable bonds is 7. The van der Waals surface area contributed by atoms with E-state index in [9.17, 15) is 14.4 Å². The molecular weight excluding hydrogens is 474 g/mol. The maximum absolute atomic E-state index is 12.9. The van der Waals surface area contributed by atoms with Crippen molar-refractivity contribution < 1.29 is 9.59 Å². The number of hydrogen-bond acceptors (Lipinski definition) is 6. The number of hydrogen-bond donors (Lipinski definition) is 3. The SMILES string of the molecule is Cc1cccc(NC(=O)[C@@H](C)Sc2nnc(-c3ccccc3NC(=O)c3ccccc3)c(=O)[nH]2)c1C. The van der Waals surface area contributed by atoms with E-state index in [-0.39, 0.29) is 22.7 Å². The number of anilines is 2. The Morgan fingerprint density at radius 2 is 1.56 bits per heavy atom. The number of aromatic amines is 1. The van der Waals surface area contributed by atoms with Crippen molar-refractivity contribution in [1.82, 2.24) is 15.2 Å². The van der Waals surface area contributed by atoms with Crippen LogP contribution >= 0.6 is 11.8 Å². The fourth-order valence-electron chi connectivity index (χ4n) is 3.48. The number of carbonyl (C=O) groups is 2. The van der Waals surface area contributed by atoms with Gasteiger partial charge in [-0.05, 0) is 56.2 Å². The summed E-state index contributed by atoms with van der Waals surface area (Å²) in [7, 11) is 0. The smallest absolute Gasteiger partial charge is 0.278 e. The van der Waals surface area contributed by atoms with Gasteiger partial charge in [0.05, 0.1) is 10.9 Å². The molecule has 0 aliphatic carbocycles. The zero-order chi connectivity index (χ0) is 25.7. The number of carbonyl (C=O) groups excluding carboxylic acids is 2. The number of para-hydroxylation sites is 1. The van der Waals surface area contributed by atoms with Crippen LogP contribution in [0.15, 0.2) is 82.7 Å². The van der Waals surface area contributed by atoms with Crippen molar-refractivity contribution >= 4 is 35.0 Å². The molecule has 0 radical (unpaired) electrons. The molecule has 1 aromatic heterocycles. The summed E-state index contributed by atoms with van der Waals surface area (Å²) in [4.78, 5) is 40.9. The third kappa shape index (κ3) is 5.69. The number of benzene rings is 3. The molecule has 0 saturated heterocycles. The average molecular weight is 500 g/mol. The minimum Gasteiger partial charge on any atom is -0.325 e. The summed E-state index contributed by atoms with van der Waals surface area (Å²) in [5, 5.41) is 13.7. The van der Waals surface area contributed by atoms with Crippen LogP contribution in [-0.2, 0) is 4.79 Å². The number of aromatic nitrogens is 3. The number of nitrogens with zero attached hydrogens (tertiary/aromatic N) is 2. The highest BCUT2D eigenvalue weighted by Crippen LogP contribution is 2.26. The summed E-state index contributed by atoms with van der Waals surface area (Å²) in [5.74, 6) is -0.516. The molecule has 0 unspecified atom stereocenters. The first-order valence-electron chi connectivity index (χ1n) is 11.3. The molecule has 8 nitrogen and oxygen atoms in total. The Bertz CT molecular complexity index is 1470. The van der Waals surface area contributed by atoms with Crippen LogP contribution < -0.4 is 16.2 Å². The molecule has 2 amide bonds. The monoisotopic (exact) mass is 499 g/mol. The van der Waals surface area contributed by atoms with Crippen LogP contribution in [0.5, 0.6) is 0 Å². The number of nitrogens with one attached hydrogen (secondary N) is 3. The van der Waals surface area contributed by atoms with Crippen molar-refractivity contribution in [2.24, 2.45) is 0 Å². The van der Waals surface area contributed by atoms with Crippen molar-refractivity contribution in [1.29, 1.82) is 0 Å². The predicted molar refractivity (Wildman–Crippen MR) is 142 cm³/mol. The molecule has 0 spiro atoms. The maximum atomic E-state index is 12.9. The molecule has 3 N–H and O–H groups in total. The van der Waals surface area contributed by atoms with Crippen molar-refractivity contribution in [2.75, 3.05) is 10.6 Å². The van der Waals surface area contributed by atoms with E-state index in [0.717, 1.165) is 28.6 Å². The van der Waals surface area contributed by atoms with Crippen LogP contribution in [0.4, 0.5) is 11.4 Å². The van der Waals surface area contributed by atoms with E-state index >= 15 is 0 Å². The van der Waals surface area contributed by atoms with Crippen LogP contribution in [0.1, 0.15) is 28.4 Å². The van der Waals surface area contributed by atoms with Crippen LogP contribution in [0, 0.1) is 13.8 Å².